The molecule has 2 saturated carbocycles. The lowest BCUT2D eigenvalue weighted by Gasteiger charge is -2.32. The number of rotatable bonds is 4. The number of hydrogen-bond donors (Lipinski definition) is 1. The molecule has 1 aromatic carbocycles. The van der Waals surface area contributed by atoms with E-state index in [1.165, 1.54) is 50.3 Å². The summed E-state index contributed by atoms with van der Waals surface area (Å²) < 4.78 is 27.1. The van der Waals surface area contributed by atoms with Gasteiger partial charge in [-0.1, -0.05) is 12.8 Å². The standard InChI is InChI=1S/C17H23F2N/c1-11(16-10-14(18)7-8-17(16)19)20-15-4-2-3-13(9-15)12-5-6-12/h7-8,10-13,15,20H,2-6,9H2,1H3. The minimum Gasteiger partial charge on any atom is -0.307 e. The summed E-state index contributed by atoms with van der Waals surface area (Å²) in [6.45, 7) is 1.93. The third-order valence-corrected chi connectivity index (χ3v) is 4.91. The summed E-state index contributed by atoms with van der Waals surface area (Å²) in [7, 11) is 0. The Bertz CT molecular complexity index is 470. The largest absolute Gasteiger partial charge is 0.307 e. The molecule has 110 valence electrons. The van der Waals surface area contributed by atoms with E-state index in [1.807, 2.05) is 6.92 Å². The van der Waals surface area contributed by atoms with Gasteiger partial charge >= 0.3 is 0 Å². The lowest BCUT2D eigenvalue weighted by molar-refractivity contribution is 0.248. The van der Waals surface area contributed by atoms with Crippen molar-refractivity contribution in [3.05, 3.63) is 35.4 Å². The van der Waals surface area contributed by atoms with Crippen LogP contribution in [0.15, 0.2) is 18.2 Å². The Hall–Kier alpha value is -0.960. The number of nitrogens with one attached hydrogen (secondary N) is 1. The van der Waals surface area contributed by atoms with Crippen molar-refractivity contribution in [1.82, 2.24) is 5.32 Å². The molecule has 0 amide bonds. The van der Waals surface area contributed by atoms with Crippen LogP contribution in [-0.2, 0) is 0 Å². The van der Waals surface area contributed by atoms with Crippen LogP contribution in [0.4, 0.5) is 8.78 Å². The van der Waals surface area contributed by atoms with Crippen LogP contribution in [0.2, 0.25) is 0 Å². The maximum absolute atomic E-state index is 13.8. The number of halogens is 2. The molecule has 3 rings (SSSR count). The van der Waals surface area contributed by atoms with Crippen LogP contribution in [0.3, 0.4) is 0 Å². The molecule has 3 unspecified atom stereocenters. The number of benzene rings is 1. The summed E-state index contributed by atoms with van der Waals surface area (Å²) in [5.41, 5.74) is 0.443. The molecule has 0 bridgehead atoms. The average Bonchev–Trinajstić information content (AvgIpc) is 3.26. The summed E-state index contributed by atoms with van der Waals surface area (Å²) >= 11 is 0. The second kappa shape index (κ2) is 5.80. The van der Waals surface area contributed by atoms with Crippen LogP contribution in [0.5, 0.6) is 0 Å². The Morgan fingerprint density at radius 1 is 1.10 bits per heavy atom. The molecule has 2 aliphatic rings. The van der Waals surface area contributed by atoms with Gasteiger partial charge in [0.1, 0.15) is 11.6 Å². The van der Waals surface area contributed by atoms with Gasteiger partial charge in [0.2, 0.25) is 0 Å². The first-order valence-electron chi connectivity index (χ1n) is 7.84. The first kappa shape index (κ1) is 14.0. The fourth-order valence-corrected chi connectivity index (χ4v) is 3.66. The molecule has 1 N–H and O–H groups in total. The second-order valence-corrected chi connectivity index (χ2v) is 6.52. The third kappa shape index (κ3) is 3.20. The van der Waals surface area contributed by atoms with Gasteiger partial charge in [0.15, 0.2) is 0 Å². The zero-order valence-corrected chi connectivity index (χ0v) is 12.0. The minimum atomic E-state index is -0.366. The lowest BCUT2D eigenvalue weighted by Crippen LogP contribution is -2.36. The Morgan fingerprint density at radius 2 is 1.90 bits per heavy atom. The Balaban J connectivity index is 1.62. The molecule has 20 heavy (non-hydrogen) atoms. The molecule has 2 aliphatic carbocycles. The molecule has 0 saturated heterocycles. The maximum atomic E-state index is 13.8. The molecule has 0 spiro atoms. The summed E-state index contributed by atoms with van der Waals surface area (Å²) in [4.78, 5) is 0. The maximum Gasteiger partial charge on any atom is 0.128 e. The fraction of sp³-hybridized carbons (Fsp3) is 0.647. The molecule has 0 aromatic heterocycles. The van der Waals surface area contributed by atoms with E-state index in [-0.39, 0.29) is 17.7 Å². The molecule has 0 radical (unpaired) electrons. The van der Waals surface area contributed by atoms with Crippen molar-refractivity contribution in [3.8, 4) is 0 Å². The SMILES string of the molecule is CC(NC1CCCC(C2CC2)C1)c1cc(F)ccc1F. The molecule has 1 aromatic rings. The smallest absolute Gasteiger partial charge is 0.128 e. The van der Waals surface area contributed by atoms with E-state index >= 15 is 0 Å². The van der Waals surface area contributed by atoms with Crippen molar-refractivity contribution in [2.45, 2.75) is 57.5 Å². The molecule has 3 atom stereocenters. The minimum absolute atomic E-state index is 0.131. The highest BCUT2D eigenvalue weighted by molar-refractivity contribution is 5.22. The normalized spacial score (nSPS) is 28.4. The van der Waals surface area contributed by atoms with Gasteiger partial charge in [0.05, 0.1) is 0 Å². The van der Waals surface area contributed by atoms with Gasteiger partial charge in [-0.05, 0) is 62.6 Å². The highest BCUT2D eigenvalue weighted by Crippen LogP contribution is 2.44. The van der Waals surface area contributed by atoms with Gasteiger partial charge in [-0.25, -0.2) is 8.78 Å². The summed E-state index contributed by atoms with van der Waals surface area (Å²) in [6.07, 6.45) is 7.76. The van der Waals surface area contributed by atoms with E-state index < -0.39 is 0 Å². The van der Waals surface area contributed by atoms with Crippen molar-refractivity contribution in [2.24, 2.45) is 11.8 Å². The van der Waals surface area contributed by atoms with E-state index in [9.17, 15) is 8.78 Å². The monoisotopic (exact) mass is 279 g/mol. The second-order valence-electron chi connectivity index (χ2n) is 6.52. The van der Waals surface area contributed by atoms with Crippen LogP contribution >= 0.6 is 0 Å². The van der Waals surface area contributed by atoms with Crippen molar-refractivity contribution < 1.29 is 8.78 Å². The lowest BCUT2D eigenvalue weighted by atomic mass is 9.82. The summed E-state index contributed by atoms with van der Waals surface area (Å²) in [5.74, 6) is 1.11. The van der Waals surface area contributed by atoms with E-state index in [2.05, 4.69) is 5.32 Å². The molecular formula is C17H23F2N. The van der Waals surface area contributed by atoms with Crippen molar-refractivity contribution >= 4 is 0 Å². The van der Waals surface area contributed by atoms with Crippen LogP contribution < -0.4 is 5.32 Å². The zero-order chi connectivity index (χ0) is 14.1. The highest BCUT2D eigenvalue weighted by atomic mass is 19.1. The Morgan fingerprint density at radius 3 is 2.65 bits per heavy atom. The van der Waals surface area contributed by atoms with Gasteiger partial charge in [0.25, 0.3) is 0 Å². The summed E-state index contributed by atoms with van der Waals surface area (Å²) in [6, 6.07) is 4.03. The Labute approximate surface area is 119 Å². The predicted octanol–water partition coefficient (Wildman–Crippen LogP) is 4.58. The average molecular weight is 279 g/mol. The predicted molar refractivity (Wildman–Crippen MR) is 76.4 cm³/mol. The van der Waals surface area contributed by atoms with E-state index in [0.29, 0.717) is 11.6 Å². The van der Waals surface area contributed by atoms with Crippen molar-refractivity contribution in [1.29, 1.82) is 0 Å². The van der Waals surface area contributed by atoms with Gasteiger partial charge in [-0.15, -0.1) is 0 Å². The van der Waals surface area contributed by atoms with Gasteiger partial charge < -0.3 is 5.32 Å². The molecule has 1 nitrogen and oxygen atoms in total. The van der Waals surface area contributed by atoms with Crippen LogP contribution in [0.25, 0.3) is 0 Å². The molecular weight excluding hydrogens is 256 g/mol. The third-order valence-electron chi connectivity index (χ3n) is 4.91. The molecule has 0 aliphatic heterocycles. The van der Waals surface area contributed by atoms with E-state index in [4.69, 9.17) is 0 Å². The highest BCUT2D eigenvalue weighted by Gasteiger charge is 2.35. The number of hydrogen-bond acceptors (Lipinski definition) is 1. The summed E-state index contributed by atoms with van der Waals surface area (Å²) in [5, 5.41) is 3.51. The van der Waals surface area contributed by atoms with Crippen LogP contribution in [0, 0.1) is 23.5 Å². The van der Waals surface area contributed by atoms with Gasteiger partial charge in [-0.3, -0.25) is 0 Å². The van der Waals surface area contributed by atoms with E-state index in [1.54, 1.807) is 0 Å². The Kier molecular flexibility index (Phi) is 4.06. The van der Waals surface area contributed by atoms with Gasteiger partial charge in [-0.2, -0.15) is 0 Å². The van der Waals surface area contributed by atoms with Crippen molar-refractivity contribution in [2.75, 3.05) is 0 Å². The van der Waals surface area contributed by atoms with Crippen molar-refractivity contribution in [3.63, 3.8) is 0 Å². The van der Waals surface area contributed by atoms with Crippen LogP contribution in [-0.4, -0.2) is 6.04 Å². The fourth-order valence-electron chi connectivity index (χ4n) is 3.66. The zero-order valence-electron chi connectivity index (χ0n) is 12.0. The van der Waals surface area contributed by atoms with E-state index in [0.717, 1.165) is 18.3 Å². The first-order valence-corrected chi connectivity index (χ1v) is 7.84. The first-order chi connectivity index (χ1) is 9.63. The molecule has 3 heteroatoms. The van der Waals surface area contributed by atoms with Crippen LogP contribution in [0.1, 0.15) is 57.1 Å². The topological polar surface area (TPSA) is 12.0 Å². The quantitative estimate of drug-likeness (QED) is 0.850. The molecule has 2 fully saturated rings. The van der Waals surface area contributed by atoms with Gasteiger partial charge in [0, 0.05) is 17.6 Å². The molecule has 0 heterocycles.